The van der Waals surface area contributed by atoms with Gasteiger partial charge in [-0.3, -0.25) is 9.59 Å². The molecule has 0 aromatic heterocycles. The predicted molar refractivity (Wildman–Crippen MR) is 143 cm³/mol. The summed E-state index contributed by atoms with van der Waals surface area (Å²) < 4.78 is 5.44. The molecule has 0 aliphatic heterocycles. The van der Waals surface area contributed by atoms with Crippen molar-refractivity contribution in [2.24, 2.45) is 0 Å². The fourth-order valence-electron chi connectivity index (χ4n) is 3.95. The molecule has 1 aromatic rings. The molecule has 35 heavy (non-hydrogen) atoms. The van der Waals surface area contributed by atoms with Crippen LogP contribution >= 0.6 is 11.8 Å². The van der Waals surface area contributed by atoms with Gasteiger partial charge in [0.05, 0.1) is 0 Å². The summed E-state index contributed by atoms with van der Waals surface area (Å²) in [6.45, 7) is 12.0. The highest BCUT2D eigenvalue weighted by Gasteiger charge is 2.44. The topological polar surface area (TPSA) is 87.7 Å². The van der Waals surface area contributed by atoms with Gasteiger partial charge in [-0.1, -0.05) is 37.1 Å². The van der Waals surface area contributed by atoms with E-state index in [-0.39, 0.29) is 17.9 Å². The van der Waals surface area contributed by atoms with Crippen molar-refractivity contribution in [2.75, 3.05) is 18.6 Å². The Hall–Kier alpha value is -2.22. The van der Waals surface area contributed by atoms with Crippen LogP contribution in [0.3, 0.4) is 0 Å². The molecule has 1 fully saturated rings. The number of ether oxygens (including phenoxy) is 1. The molecule has 0 radical (unpaired) electrons. The predicted octanol–water partition coefficient (Wildman–Crippen LogP) is 4.90. The van der Waals surface area contributed by atoms with Crippen LogP contribution in [0.15, 0.2) is 18.2 Å². The Morgan fingerprint density at radius 2 is 1.89 bits per heavy atom. The number of hydrogen-bond donors (Lipinski definition) is 2. The number of alkyl carbamates (subject to hydrolysis) is 1. The maximum Gasteiger partial charge on any atom is 0.408 e. The number of nitrogens with one attached hydrogen (secondary N) is 2. The maximum atomic E-state index is 14.0. The molecular weight excluding hydrogens is 462 g/mol. The second kappa shape index (κ2) is 13.2. The second-order valence-electron chi connectivity index (χ2n) is 10.4. The number of amides is 3. The number of nitrogens with zero attached hydrogens (tertiary/aromatic N) is 1. The first kappa shape index (κ1) is 29.0. The number of thioether (sulfide) groups is 1. The van der Waals surface area contributed by atoms with Gasteiger partial charge in [0.15, 0.2) is 0 Å². The van der Waals surface area contributed by atoms with Gasteiger partial charge < -0.3 is 20.3 Å². The van der Waals surface area contributed by atoms with Crippen molar-refractivity contribution >= 4 is 29.7 Å². The fraction of sp³-hybridized carbons (Fsp3) is 0.667. The van der Waals surface area contributed by atoms with Gasteiger partial charge in [0.25, 0.3) is 0 Å². The zero-order valence-corrected chi connectivity index (χ0v) is 23.2. The standard InChI is InChI=1S/C27H43N3O4S/c1-8-9-15-28-24(31)23(21-17-18(2)10-11-19(21)3)30(20-12-13-20)25(32)22(14-16-35-7)29-26(33)34-27(4,5)6/h10-11,17,20,22-23H,8-9,12-16H2,1-7H3,(H,28,31)(H,29,33). The van der Waals surface area contributed by atoms with Gasteiger partial charge in [0.1, 0.15) is 17.7 Å². The average molecular weight is 506 g/mol. The molecule has 0 bridgehead atoms. The molecule has 1 aliphatic carbocycles. The molecule has 2 unspecified atom stereocenters. The molecule has 3 amide bonds. The van der Waals surface area contributed by atoms with E-state index in [9.17, 15) is 14.4 Å². The van der Waals surface area contributed by atoms with Crippen LogP contribution in [0.25, 0.3) is 0 Å². The molecular formula is C27H43N3O4S. The Labute approximate surface area is 215 Å². The van der Waals surface area contributed by atoms with Gasteiger partial charge >= 0.3 is 6.09 Å². The molecule has 1 aromatic carbocycles. The van der Waals surface area contributed by atoms with Crippen molar-refractivity contribution in [3.05, 3.63) is 34.9 Å². The van der Waals surface area contributed by atoms with Crippen molar-refractivity contribution in [1.82, 2.24) is 15.5 Å². The number of carbonyl (C=O) groups is 3. The maximum absolute atomic E-state index is 14.0. The first-order valence-electron chi connectivity index (χ1n) is 12.6. The average Bonchev–Trinajstić information content (AvgIpc) is 3.60. The quantitative estimate of drug-likeness (QED) is 0.395. The summed E-state index contributed by atoms with van der Waals surface area (Å²) in [6, 6.07) is 4.47. The smallest absolute Gasteiger partial charge is 0.408 e. The van der Waals surface area contributed by atoms with E-state index in [0.717, 1.165) is 42.4 Å². The number of rotatable bonds is 12. The van der Waals surface area contributed by atoms with Gasteiger partial charge in [-0.15, -0.1) is 0 Å². The molecule has 2 rings (SSSR count). The second-order valence-corrected chi connectivity index (χ2v) is 11.3. The minimum atomic E-state index is -0.769. The van der Waals surface area contributed by atoms with Crippen LogP contribution in [-0.4, -0.2) is 59.0 Å². The third-order valence-corrected chi connectivity index (χ3v) is 6.52. The van der Waals surface area contributed by atoms with Crippen molar-refractivity contribution in [1.29, 1.82) is 0 Å². The van der Waals surface area contributed by atoms with Crippen LogP contribution in [0.4, 0.5) is 4.79 Å². The number of benzene rings is 1. The van der Waals surface area contributed by atoms with Crippen molar-refractivity contribution < 1.29 is 19.1 Å². The first-order valence-corrected chi connectivity index (χ1v) is 14.0. The third-order valence-electron chi connectivity index (χ3n) is 5.88. The molecule has 0 saturated heterocycles. The van der Waals surface area contributed by atoms with Crippen LogP contribution in [0.1, 0.15) is 82.5 Å². The minimum Gasteiger partial charge on any atom is -0.444 e. The molecule has 196 valence electrons. The highest BCUT2D eigenvalue weighted by molar-refractivity contribution is 7.98. The number of aryl methyl sites for hydroxylation is 2. The van der Waals surface area contributed by atoms with Gasteiger partial charge in [-0.25, -0.2) is 4.79 Å². The summed E-state index contributed by atoms with van der Waals surface area (Å²) in [5.74, 6) is 0.291. The summed E-state index contributed by atoms with van der Waals surface area (Å²) >= 11 is 1.61. The van der Waals surface area contributed by atoms with Gasteiger partial charge in [-0.2, -0.15) is 11.8 Å². The van der Waals surface area contributed by atoms with Gasteiger partial charge in [0.2, 0.25) is 11.8 Å². The Morgan fingerprint density at radius 3 is 2.46 bits per heavy atom. The Kier molecular flexibility index (Phi) is 10.9. The summed E-state index contributed by atoms with van der Waals surface area (Å²) in [5.41, 5.74) is 2.16. The molecule has 0 heterocycles. The van der Waals surface area contributed by atoms with Crippen LogP contribution in [-0.2, 0) is 14.3 Å². The van der Waals surface area contributed by atoms with E-state index in [1.165, 1.54) is 0 Å². The lowest BCUT2D eigenvalue weighted by Crippen LogP contribution is -2.54. The highest BCUT2D eigenvalue weighted by Crippen LogP contribution is 2.37. The molecule has 1 saturated carbocycles. The van der Waals surface area contributed by atoms with Gasteiger partial charge in [-0.05, 0) is 83.4 Å². The lowest BCUT2D eigenvalue weighted by Gasteiger charge is -2.35. The Bertz CT molecular complexity index is 880. The number of hydrogen-bond acceptors (Lipinski definition) is 5. The molecule has 7 nitrogen and oxygen atoms in total. The van der Waals surface area contributed by atoms with E-state index < -0.39 is 23.8 Å². The zero-order chi connectivity index (χ0) is 26.2. The van der Waals surface area contributed by atoms with Gasteiger partial charge in [0, 0.05) is 12.6 Å². The lowest BCUT2D eigenvalue weighted by molar-refractivity contribution is -0.143. The van der Waals surface area contributed by atoms with Crippen LogP contribution < -0.4 is 10.6 Å². The fourth-order valence-corrected chi connectivity index (χ4v) is 4.42. The lowest BCUT2D eigenvalue weighted by atomic mass is 9.95. The summed E-state index contributed by atoms with van der Waals surface area (Å²) in [4.78, 5) is 42.0. The van der Waals surface area contributed by atoms with Crippen molar-refractivity contribution in [2.45, 2.75) is 97.4 Å². The number of unbranched alkanes of at least 4 members (excludes halogenated alkanes) is 1. The normalized spacial score (nSPS) is 15.2. The third kappa shape index (κ3) is 9.06. The largest absolute Gasteiger partial charge is 0.444 e. The van der Waals surface area contributed by atoms with E-state index in [1.807, 2.05) is 38.3 Å². The number of carbonyl (C=O) groups excluding carboxylic acids is 3. The van der Waals surface area contributed by atoms with Crippen LogP contribution in [0.2, 0.25) is 0 Å². The highest BCUT2D eigenvalue weighted by atomic mass is 32.2. The Morgan fingerprint density at radius 1 is 1.20 bits per heavy atom. The Balaban J connectivity index is 2.44. The van der Waals surface area contributed by atoms with Crippen LogP contribution in [0.5, 0.6) is 0 Å². The minimum absolute atomic E-state index is 0.0263. The molecule has 2 atom stereocenters. The monoisotopic (exact) mass is 505 g/mol. The van der Waals surface area contributed by atoms with E-state index >= 15 is 0 Å². The summed E-state index contributed by atoms with van der Waals surface area (Å²) in [7, 11) is 0. The van der Waals surface area contributed by atoms with E-state index in [1.54, 1.807) is 37.4 Å². The van der Waals surface area contributed by atoms with E-state index in [4.69, 9.17) is 4.74 Å². The molecule has 1 aliphatic rings. The van der Waals surface area contributed by atoms with Crippen molar-refractivity contribution in [3.63, 3.8) is 0 Å². The van der Waals surface area contributed by atoms with E-state index in [0.29, 0.717) is 18.7 Å². The summed E-state index contributed by atoms with van der Waals surface area (Å²) in [5, 5.41) is 5.85. The SMILES string of the molecule is CCCCNC(=O)C(c1cc(C)ccc1C)N(C(=O)C(CCSC)NC(=O)OC(C)(C)C)C1CC1. The summed E-state index contributed by atoms with van der Waals surface area (Å²) in [6.07, 6.45) is 5.33. The molecule has 2 N–H and O–H groups in total. The molecule has 8 heteroatoms. The first-order chi connectivity index (χ1) is 16.5. The van der Waals surface area contributed by atoms with E-state index in [2.05, 4.69) is 17.6 Å². The molecule has 0 spiro atoms. The van der Waals surface area contributed by atoms with Crippen LogP contribution in [0, 0.1) is 13.8 Å². The van der Waals surface area contributed by atoms with Crippen molar-refractivity contribution in [3.8, 4) is 0 Å². The zero-order valence-electron chi connectivity index (χ0n) is 22.4.